The molecule has 84 valence electrons. The van der Waals surface area contributed by atoms with Crippen molar-refractivity contribution in [3.05, 3.63) is 65.7 Å². The molecular formula is C15H12O2. The maximum Gasteiger partial charge on any atom is 0.182 e. The van der Waals surface area contributed by atoms with E-state index in [0.717, 1.165) is 16.9 Å². The van der Waals surface area contributed by atoms with Crippen LogP contribution >= 0.6 is 0 Å². The number of benzene rings is 2. The van der Waals surface area contributed by atoms with Crippen molar-refractivity contribution in [2.45, 2.75) is 12.5 Å². The van der Waals surface area contributed by atoms with Crippen LogP contribution in [0, 0.1) is 0 Å². The topological polar surface area (TPSA) is 26.3 Å². The molecule has 1 atom stereocenters. The monoisotopic (exact) mass is 224 g/mol. The summed E-state index contributed by atoms with van der Waals surface area (Å²) in [7, 11) is 0. The van der Waals surface area contributed by atoms with Crippen molar-refractivity contribution in [1.82, 2.24) is 0 Å². The zero-order chi connectivity index (χ0) is 11.7. The molecule has 1 aliphatic heterocycles. The Morgan fingerprint density at radius 1 is 0.941 bits per heavy atom. The second-order valence-electron chi connectivity index (χ2n) is 4.16. The van der Waals surface area contributed by atoms with Crippen molar-refractivity contribution in [3.63, 3.8) is 0 Å². The molecule has 2 aromatic carbocycles. The second-order valence-corrected chi connectivity index (χ2v) is 4.16. The van der Waals surface area contributed by atoms with Crippen LogP contribution in [0.5, 0.6) is 5.75 Å². The zero-order valence-corrected chi connectivity index (χ0v) is 9.30. The van der Waals surface area contributed by atoms with Crippen LogP contribution < -0.4 is 4.74 Å². The van der Waals surface area contributed by atoms with Gasteiger partial charge >= 0.3 is 0 Å². The third-order valence-corrected chi connectivity index (χ3v) is 2.98. The van der Waals surface area contributed by atoms with E-state index >= 15 is 0 Å². The van der Waals surface area contributed by atoms with Gasteiger partial charge in [-0.1, -0.05) is 48.5 Å². The lowest BCUT2D eigenvalue weighted by atomic mass is 9.96. The Morgan fingerprint density at radius 2 is 1.65 bits per heavy atom. The highest BCUT2D eigenvalue weighted by molar-refractivity contribution is 5.88. The first kappa shape index (κ1) is 10.1. The fourth-order valence-corrected chi connectivity index (χ4v) is 2.12. The molecule has 0 saturated heterocycles. The third kappa shape index (κ3) is 1.82. The summed E-state index contributed by atoms with van der Waals surface area (Å²) in [4.78, 5) is 12.0. The number of rotatable bonds is 1. The molecule has 2 heteroatoms. The molecule has 0 fully saturated rings. The van der Waals surface area contributed by atoms with Gasteiger partial charge in [0, 0.05) is 12.0 Å². The first-order valence-corrected chi connectivity index (χ1v) is 5.67. The molecule has 0 aromatic heterocycles. The highest BCUT2D eigenvalue weighted by Gasteiger charge is 2.28. The highest BCUT2D eigenvalue weighted by Crippen LogP contribution is 2.32. The Labute approximate surface area is 99.9 Å². The Hall–Kier alpha value is -2.09. The second kappa shape index (κ2) is 4.06. The number of Topliss-reactive ketones (excluding diaryl/α,β-unsaturated/α-hetero) is 1. The first-order chi connectivity index (χ1) is 8.34. The predicted molar refractivity (Wildman–Crippen MR) is 65.0 cm³/mol. The van der Waals surface area contributed by atoms with Crippen LogP contribution in [0.1, 0.15) is 17.2 Å². The molecule has 0 bridgehead atoms. The van der Waals surface area contributed by atoms with Crippen molar-refractivity contribution in [3.8, 4) is 5.75 Å². The lowest BCUT2D eigenvalue weighted by Crippen LogP contribution is -2.25. The van der Waals surface area contributed by atoms with Gasteiger partial charge in [-0.15, -0.1) is 0 Å². The molecule has 0 spiro atoms. The Balaban J connectivity index is 1.98. The summed E-state index contributed by atoms with van der Waals surface area (Å²) in [5.41, 5.74) is 1.90. The van der Waals surface area contributed by atoms with E-state index in [0.29, 0.717) is 6.42 Å². The zero-order valence-electron chi connectivity index (χ0n) is 9.30. The van der Waals surface area contributed by atoms with E-state index in [2.05, 4.69) is 0 Å². The lowest BCUT2D eigenvalue weighted by Gasteiger charge is -2.25. The number of ketones is 1. The van der Waals surface area contributed by atoms with E-state index in [1.807, 2.05) is 54.6 Å². The third-order valence-electron chi connectivity index (χ3n) is 2.98. The maximum absolute atomic E-state index is 12.0. The maximum atomic E-state index is 12.0. The molecule has 1 aliphatic rings. The number of ether oxygens (including phenoxy) is 1. The summed E-state index contributed by atoms with van der Waals surface area (Å²) in [6.45, 7) is 0. The van der Waals surface area contributed by atoms with Crippen molar-refractivity contribution < 1.29 is 9.53 Å². The van der Waals surface area contributed by atoms with E-state index in [-0.39, 0.29) is 5.78 Å². The number of hydrogen-bond acceptors (Lipinski definition) is 2. The van der Waals surface area contributed by atoms with Crippen LogP contribution in [0.4, 0.5) is 0 Å². The van der Waals surface area contributed by atoms with E-state index < -0.39 is 6.10 Å². The van der Waals surface area contributed by atoms with Crippen molar-refractivity contribution >= 4 is 5.78 Å². The minimum absolute atomic E-state index is 0.120. The predicted octanol–water partition coefficient (Wildman–Crippen LogP) is 2.93. The molecule has 2 nitrogen and oxygen atoms in total. The number of fused-ring (bicyclic) bond motifs is 1. The number of para-hydroxylation sites is 1. The van der Waals surface area contributed by atoms with Crippen LogP contribution in [0.25, 0.3) is 0 Å². The standard InChI is InChI=1S/C15H12O2/c16-13-10-12-8-4-5-9-14(12)17-15(13)11-6-2-1-3-7-11/h1-9,15H,10H2. The molecule has 0 saturated carbocycles. The largest absolute Gasteiger partial charge is 0.478 e. The van der Waals surface area contributed by atoms with Crippen LogP contribution in [0.3, 0.4) is 0 Å². The smallest absolute Gasteiger partial charge is 0.182 e. The van der Waals surface area contributed by atoms with Crippen LogP contribution in [-0.2, 0) is 11.2 Å². The Bertz CT molecular complexity index is 546. The van der Waals surface area contributed by atoms with Gasteiger partial charge in [0.1, 0.15) is 5.75 Å². The minimum Gasteiger partial charge on any atom is -0.478 e. The van der Waals surface area contributed by atoms with Gasteiger partial charge in [0.2, 0.25) is 0 Å². The molecule has 1 heterocycles. The van der Waals surface area contributed by atoms with Gasteiger partial charge < -0.3 is 4.74 Å². The average molecular weight is 224 g/mol. The Morgan fingerprint density at radius 3 is 2.47 bits per heavy atom. The van der Waals surface area contributed by atoms with Gasteiger partial charge in [-0.3, -0.25) is 4.79 Å². The fourth-order valence-electron chi connectivity index (χ4n) is 2.12. The molecule has 0 amide bonds. The van der Waals surface area contributed by atoms with Gasteiger partial charge in [0.25, 0.3) is 0 Å². The number of carbonyl (C=O) groups is 1. The minimum atomic E-state index is -0.453. The molecule has 0 radical (unpaired) electrons. The average Bonchev–Trinajstić information content (AvgIpc) is 2.39. The molecule has 0 N–H and O–H groups in total. The van der Waals surface area contributed by atoms with Gasteiger partial charge in [0.05, 0.1) is 0 Å². The highest BCUT2D eigenvalue weighted by atomic mass is 16.5. The van der Waals surface area contributed by atoms with E-state index in [4.69, 9.17) is 4.74 Å². The van der Waals surface area contributed by atoms with Crippen molar-refractivity contribution in [2.75, 3.05) is 0 Å². The molecule has 17 heavy (non-hydrogen) atoms. The summed E-state index contributed by atoms with van der Waals surface area (Å²) in [6, 6.07) is 17.3. The van der Waals surface area contributed by atoms with E-state index in [9.17, 15) is 4.79 Å². The molecular weight excluding hydrogens is 212 g/mol. The molecule has 3 rings (SSSR count). The van der Waals surface area contributed by atoms with Crippen LogP contribution in [0.15, 0.2) is 54.6 Å². The summed E-state index contributed by atoms with van der Waals surface area (Å²) in [5, 5.41) is 0. The summed E-state index contributed by atoms with van der Waals surface area (Å²) in [5.74, 6) is 0.941. The van der Waals surface area contributed by atoms with Crippen LogP contribution in [-0.4, -0.2) is 5.78 Å². The summed E-state index contributed by atoms with van der Waals surface area (Å²) >= 11 is 0. The lowest BCUT2D eigenvalue weighted by molar-refractivity contribution is -0.126. The first-order valence-electron chi connectivity index (χ1n) is 5.67. The van der Waals surface area contributed by atoms with Crippen LogP contribution in [0.2, 0.25) is 0 Å². The number of carbonyl (C=O) groups excluding carboxylic acids is 1. The van der Waals surface area contributed by atoms with E-state index in [1.165, 1.54) is 0 Å². The fraction of sp³-hybridized carbons (Fsp3) is 0.133. The quantitative estimate of drug-likeness (QED) is 0.744. The summed E-state index contributed by atoms with van der Waals surface area (Å²) in [6.07, 6.45) is 0.00142. The van der Waals surface area contributed by atoms with Gasteiger partial charge in [-0.05, 0) is 11.6 Å². The van der Waals surface area contributed by atoms with E-state index in [1.54, 1.807) is 0 Å². The van der Waals surface area contributed by atoms with Crippen molar-refractivity contribution in [1.29, 1.82) is 0 Å². The van der Waals surface area contributed by atoms with Crippen molar-refractivity contribution in [2.24, 2.45) is 0 Å². The van der Waals surface area contributed by atoms with Gasteiger partial charge in [-0.25, -0.2) is 0 Å². The Kier molecular flexibility index (Phi) is 2.41. The molecule has 0 aliphatic carbocycles. The van der Waals surface area contributed by atoms with Gasteiger partial charge in [0.15, 0.2) is 11.9 Å². The number of hydrogen-bond donors (Lipinski definition) is 0. The van der Waals surface area contributed by atoms with Gasteiger partial charge in [-0.2, -0.15) is 0 Å². The SMILES string of the molecule is O=C1Cc2ccccc2OC1c1ccccc1. The molecule has 2 aromatic rings. The summed E-state index contributed by atoms with van der Waals surface area (Å²) < 4.78 is 5.78. The normalized spacial score (nSPS) is 18.4. The molecule has 1 unspecified atom stereocenters.